The van der Waals surface area contributed by atoms with Crippen molar-refractivity contribution >= 4 is 16.0 Å². The minimum Gasteiger partial charge on any atom is -0.493 e. The number of methoxy groups -OCH3 is 1. The summed E-state index contributed by atoms with van der Waals surface area (Å²) < 4.78 is 72.2. The van der Waals surface area contributed by atoms with Gasteiger partial charge in [0.05, 0.1) is 29.8 Å². The average Bonchev–Trinajstić information content (AvgIpc) is 2.77. The molecule has 8 nitrogen and oxygen atoms in total. The molecular weight excluding hydrogens is 460 g/mol. The summed E-state index contributed by atoms with van der Waals surface area (Å²) in [5.41, 5.74) is 0.666. The number of alkyl halides is 2. The highest BCUT2D eigenvalue weighted by Crippen LogP contribution is 2.30. The van der Waals surface area contributed by atoms with Crippen LogP contribution < -0.4 is 9.47 Å². The summed E-state index contributed by atoms with van der Waals surface area (Å²) >= 11 is 0. The van der Waals surface area contributed by atoms with Crippen molar-refractivity contribution in [1.82, 2.24) is 4.31 Å². The Hall–Kier alpha value is -2.76. The number of hydrogen-bond acceptors (Lipinski definition) is 7. The summed E-state index contributed by atoms with van der Waals surface area (Å²) in [6, 6.07) is 9.65. The molecule has 0 saturated carbocycles. The summed E-state index contributed by atoms with van der Waals surface area (Å²) in [4.78, 5) is 12.4. The van der Waals surface area contributed by atoms with Crippen LogP contribution in [0.15, 0.2) is 47.4 Å². The maximum Gasteiger partial charge on any atom is 0.387 e. The first-order valence-corrected chi connectivity index (χ1v) is 11.6. The van der Waals surface area contributed by atoms with Crippen molar-refractivity contribution in [3.8, 4) is 11.5 Å². The fraction of sp³-hybridized carbons (Fsp3) is 0.409. The van der Waals surface area contributed by atoms with E-state index in [2.05, 4.69) is 4.74 Å². The summed E-state index contributed by atoms with van der Waals surface area (Å²) in [6.45, 7) is 0.985. The van der Waals surface area contributed by atoms with Gasteiger partial charge in [0.1, 0.15) is 6.61 Å². The van der Waals surface area contributed by atoms with Crippen molar-refractivity contribution in [2.24, 2.45) is 0 Å². The average molecular weight is 486 g/mol. The molecule has 180 valence electrons. The van der Waals surface area contributed by atoms with Crippen molar-refractivity contribution in [3.63, 3.8) is 0 Å². The van der Waals surface area contributed by atoms with Gasteiger partial charge in [0.2, 0.25) is 10.0 Å². The van der Waals surface area contributed by atoms with Gasteiger partial charge in [-0.3, -0.25) is 0 Å². The van der Waals surface area contributed by atoms with Gasteiger partial charge in [0, 0.05) is 13.1 Å². The third kappa shape index (κ3) is 6.18. The van der Waals surface area contributed by atoms with E-state index >= 15 is 0 Å². The number of ether oxygens (including phenoxy) is 4. The third-order valence-electron chi connectivity index (χ3n) is 4.93. The largest absolute Gasteiger partial charge is 0.493 e. The number of hydrogen-bond donors (Lipinski definition) is 0. The molecule has 2 atom stereocenters. The molecule has 2 unspecified atom stereocenters. The van der Waals surface area contributed by atoms with Gasteiger partial charge in [-0.05, 0) is 55.8 Å². The Balaban J connectivity index is 1.65. The number of nitrogens with zero attached hydrogens (tertiary/aromatic N) is 1. The second-order valence-electron chi connectivity index (χ2n) is 7.54. The highest BCUT2D eigenvalue weighted by molar-refractivity contribution is 7.89. The molecule has 0 bridgehead atoms. The Kier molecular flexibility index (Phi) is 7.88. The Bertz CT molecular complexity index is 1070. The van der Waals surface area contributed by atoms with Crippen molar-refractivity contribution in [3.05, 3.63) is 53.6 Å². The Morgan fingerprint density at radius 3 is 2.30 bits per heavy atom. The highest BCUT2D eigenvalue weighted by Gasteiger charge is 2.32. The quantitative estimate of drug-likeness (QED) is 0.529. The Morgan fingerprint density at radius 1 is 1.09 bits per heavy atom. The number of carbonyl (C=O) groups excluding carboxylic acids is 1. The monoisotopic (exact) mass is 485 g/mol. The third-order valence-corrected chi connectivity index (χ3v) is 6.77. The molecule has 0 aromatic heterocycles. The number of sulfonamides is 1. The zero-order valence-corrected chi connectivity index (χ0v) is 19.2. The van der Waals surface area contributed by atoms with Crippen LogP contribution in [-0.4, -0.2) is 57.7 Å². The summed E-state index contributed by atoms with van der Waals surface area (Å²) in [5.74, 6) is -0.729. The molecule has 0 radical (unpaired) electrons. The van der Waals surface area contributed by atoms with E-state index in [1.165, 1.54) is 53.9 Å². The first-order chi connectivity index (χ1) is 15.6. The first-order valence-electron chi connectivity index (χ1n) is 10.1. The number of benzene rings is 2. The van der Waals surface area contributed by atoms with Crippen LogP contribution in [0.1, 0.15) is 29.8 Å². The van der Waals surface area contributed by atoms with E-state index < -0.39 is 22.6 Å². The minimum atomic E-state index is -3.72. The highest BCUT2D eigenvalue weighted by atomic mass is 32.2. The molecule has 1 aliphatic rings. The fourth-order valence-corrected chi connectivity index (χ4v) is 5.06. The molecule has 0 N–H and O–H groups in total. The van der Waals surface area contributed by atoms with Crippen LogP contribution in [0.5, 0.6) is 11.5 Å². The van der Waals surface area contributed by atoms with Gasteiger partial charge in [0.15, 0.2) is 11.5 Å². The van der Waals surface area contributed by atoms with E-state index in [0.29, 0.717) is 5.56 Å². The number of esters is 1. The molecule has 1 heterocycles. The van der Waals surface area contributed by atoms with Crippen LogP contribution in [0.25, 0.3) is 0 Å². The van der Waals surface area contributed by atoms with Gasteiger partial charge in [0.25, 0.3) is 0 Å². The lowest BCUT2D eigenvalue weighted by molar-refractivity contribution is -0.0512. The molecule has 1 saturated heterocycles. The Labute approximate surface area is 191 Å². The maximum atomic E-state index is 12.9. The van der Waals surface area contributed by atoms with E-state index in [-0.39, 0.29) is 53.9 Å². The van der Waals surface area contributed by atoms with E-state index in [1.54, 1.807) is 0 Å². The van der Waals surface area contributed by atoms with Gasteiger partial charge < -0.3 is 18.9 Å². The summed E-state index contributed by atoms with van der Waals surface area (Å²) in [7, 11) is -2.42. The Morgan fingerprint density at radius 2 is 1.73 bits per heavy atom. The van der Waals surface area contributed by atoms with Crippen LogP contribution in [0.2, 0.25) is 0 Å². The smallest absolute Gasteiger partial charge is 0.387 e. The number of morpholine rings is 1. The van der Waals surface area contributed by atoms with Crippen molar-refractivity contribution < 1.29 is 40.9 Å². The summed E-state index contributed by atoms with van der Waals surface area (Å²) in [6.07, 6.45) is -0.431. The second kappa shape index (κ2) is 10.4. The standard InChI is InChI=1S/C22H25F2NO7S/c1-14-11-25(12-15(2)31-14)33(27,28)18-7-5-17(6-8-18)21(26)30-13-16-4-9-19(32-22(23)24)20(10-16)29-3/h4-10,14-15,22H,11-13H2,1-3H3. The predicted molar refractivity (Wildman–Crippen MR) is 114 cm³/mol. The van der Waals surface area contributed by atoms with Crippen LogP contribution in [-0.2, 0) is 26.1 Å². The van der Waals surface area contributed by atoms with Crippen LogP contribution in [0.3, 0.4) is 0 Å². The molecule has 2 aromatic rings. The van der Waals surface area contributed by atoms with Gasteiger partial charge in [-0.25, -0.2) is 13.2 Å². The van der Waals surface area contributed by atoms with Gasteiger partial charge in [-0.2, -0.15) is 13.1 Å². The van der Waals surface area contributed by atoms with Crippen molar-refractivity contribution in [1.29, 1.82) is 0 Å². The lowest BCUT2D eigenvalue weighted by atomic mass is 10.2. The second-order valence-corrected chi connectivity index (χ2v) is 9.48. The van der Waals surface area contributed by atoms with Gasteiger partial charge in [-0.15, -0.1) is 0 Å². The van der Waals surface area contributed by atoms with E-state index in [0.717, 1.165) is 0 Å². The van der Waals surface area contributed by atoms with Gasteiger partial charge >= 0.3 is 12.6 Å². The van der Waals surface area contributed by atoms with E-state index in [9.17, 15) is 22.0 Å². The lowest BCUT2D eigenvalue weighted by Crippen LogP contribution is -2.48. The van der Waals surface area contributed by atoms with Crippen LogP contribution in [0.4, 0.5) is 8.78 Å². The van der Waals surface area contributed by atoms with Crippen molar-refractivity contribution in [2.45, 2.75) is 44.2 Å². The van der Waals surface area contributed by atoms with E-state index in [4.69, 9.17) is 14.2 Å². The van der Waals surface area contributed by atoms with Crippen LogP contribution >= 0.6 is 0 Å². The molecule has 1 fully saturated rings. The van der Waals surface area contributed by atoms with Crippen molar-refractivity contribution in [2.75, 3.05) is 20.2 Å². The molecule has 0 spiro atoms. The number of rotatable bonds is 8. The van der Waals surface area contributed by atoms with Gasteiger partial charge in [-0.1, -0.05) is 6.07 Å². The number of carbonyl (C=O) groups is 1. The SMILES string of the molecule is COc1cc(COC(=O)c2ccc(S(=O)(=O)N3CC(C)OC(C)C3)cc2)ccc1OC(F)F. The molecule has 33 heavy (non-hydrogen) atoms. The topological polar surface area (TPSA) is 91.4 Å². The normalized spacial score (nSPS) is 19.3. The molecule has 2 aromatic carbocycles. The maximum absolute atomic E-state index is 12.9. The minimum absolute atomic E-state index is 0.0692. The predicted octanol–water partition coefficient (Wildman–Crippen LogP) is 3.45. The molecule has 0 amide bonds. The zero-order chi connectivity index (χ0) is 24.2. The molecule has 1 aliphatic heterocycles. The number of halogens is 2. The lowest BCUT2D eigenvalue weighted by Gasteiger charge is -2.34. The van der Waals surface area contributed by atoms with E-state index in [1.807, 2.05) is 13.8 Å². The molecular formula is C22H25F2NO7S. The van der Waals surface area contributed by atoms with Crippen LogP contribution in [0, 0.1) is 0 Å². The molecule has 11 heteroatoms. The first kappa shape index (κ1) is 24.9. The molecule has 3 rings (SSSR count). The summed E-state index contributed by atoms with van der Waals surface area (Å²) in [5, 5.41) is 0. The molecule has 0 aliphatic carbocycles. The fourth-order valence-electron chi connectivity index (χ4n) is 3.47. The zero-order valence-electron chi connectivity index (χ0n) is 18.4.